The molecular formula is C17H31NO2S. The molecule has 1 amide bonds. The lowest BCUT2D eigenvalue weighted by Gasteiger charge is -2.58. The summed E-state index contributed by atoms with van der Waals surface area (Å²) < 4.78 is 12.4. The summed E-state index contributed by atoms with van der Waals surface area (Å²) in [4.78, 5) is 12.6. The van der Waals surface area contributed by atoms with Crippen LogP contribution >= 0.6 is 0 Å². The van der Waals surface area contributed by atoms with E-state index in [9.17, 15) is 9.00 Å². The van der Waals surface area contributed by atoms with Gasteiger partial charge in [0.05, 0.1) is 5.41 Å². The number of hydrogen-bond acceptors (Lipinski definition) is 2. The van der Waals surface area contributed by atoms with E-state index in [1.54, 1.807) is 0 Å². The third kappa shape index (κ3) is 3.52. The maximum Gasteiger partial charge on any atom is 0.226 e. The van der Waals surface area contributed by atoms with Gasteiger partial charge in [0.1, 0.15) is 0 Å². The second kappa shape index (κ2) is 6.02. The smallest absolute Gasteiger partial charge is 0.226 e. The van der Waals surface area contributed by atoms with E-state index in [1.165, 1.54) is 0 Å². The second-order valence-corrected chi connectivity index (χ2v) is 10.3. The summed E-state index contributed by atoms with van der Waals surface area (Å²) in [5.74, 6) is 1.01. The van der Waals surface area contributed by atoms with E-state index in [-0.39, 0.29) is 21.5 Å². The number of fused-ring (bicyclic) bond motifs is 2. The third-order valence-corrected chi connectivity index (χ3v) is 7.36. The van der Waals surface area contributed by atoms with E-state index in [0.29, 0.717) is 0 Å². The average Bonchev–Trinajstić information content (AvgIpc) is 2.36. The summed E-state index contributed by atoms with van der Waals surface area (Å²) in [6.07, 6.45) is 6.78. The molecule has 0 heterocycles. The van der Waals surface area contributed by atoms with Gasteiger partial charge in [-0.3, -0.25) is 9.00 Å². The normalized spacial score (nSPS) is 33.1. The number of rotatable bonds is 6. The summed E-state index contributed by atoms with van der Waals surface area (Å²) in [6.45, 7) is 9.43. The molecule has 0 aromatic carbocycles. The van der Waals surface area contributed by atoms with Gasteiger partial charge >= 0.3 is 0 Å². The Labute approximate surface area is 132 Å². The first-order valence-corrected chi connectivity index (χ1v) is 9.72. The third-order valence-electron chi connectivity index (χ3n) is 5.12. The highest BCUT2D eigenvalue weighted by atomic mass is 32.2. The molecule has 0 aromatic heterocycles. The molecular weight excluding hydrogens is 282 g/mol. The van der Waals surface area contributed by atoms with Gasteiger partial charge in [0.2, 0.25) is 5.91 Å². The molecule has 4 heteroatoms. The van der Waals surface area contributed by atoms with E-state index in [2.05, 4.69) is 33.0 Å². The van der Waals surface area contributed by atoms with E-state index in [0.717, 1.165) is 57.2 Å². The lowest BCUT2D eigenvalue weighted by molar-refractivity contribution is -0.142. The molecule has 122 valence electrons. The van der Waals surface area contributed by atoms with Crippen molar-refractivity contribution in [2.24, 2.45) is 10.8 Å². The summed E-state index contributed by atoms with van der Waals surface area (Å²) in [7, 11) is -0.748. The average molecular weight is 314 g/mol. The predicted octanol–water partition coefficient (Wildman–Crippen LogP) is 3.40. The number of amides is 1. The maximum absolute atomic E-state index is 12.6. The van der Waals surface area contributed by atoms with E-state index in [4.69, 9.17) is 0 Å². The van der Waals surface area contributed by atoms with Gasteiger partial charge in [-0.2, -0.15) is 0 Å². The summed E-state index contributed by atoms with van der Waals surface area (Å²) in [6, 6.07) is 0. The molecule has 21 heavy (non-hydrogen) atoms. The van der Waals surface area contributed by atoms with Gasteiger partial charge in [0.25, 0.3) is 0 Å². The molecule has 3 fully saturated rings. The zero-order valence-electron chi connectivity index (χ0n) is 14.1. The number of carbonyl (C=O) groups excluding carboxylic acids is 1. The first kappa shape index (κ1) is 17.0. The van der Waals surface area contributed by atoms with Gasteiger partial charge in [-0.1, -0.05) is 34.1 Å². The van der Waals surface area contributed by atoms with Crippen LogP contribution < -0.4 is 5.32 Å². The zero-order valence-corrected chi connectivity index (χ0v) is 14.9. The predicted molar refractivity (Wildman–Crippen MR) is 88.6 cm³/mol. The first-order chi connectivity index (χ1) is 9.73. The minimum absolute atomic E-state index is 0.0321. The van der Waals surface area contributed by atoms with Crippen LogP contribution in [0.25, 0.3) is 0 Å². The standard InChI is InChI=1S/C17H31NO2S/c1-5-11-21(20)17-8-6-7-16(12-17,13-17)14(19)18-10-9-15(2,3)4/h5-13H2,1-4H3,(H,18,19). The van der Waals surface area contributed by atoms with Crippen LogP contribution in [0.3, 0.4) is 0 Å². The second-order valence-electron chi connectivity index (χ2n) is 8.29. The minimum Gasteiger partial charge on any atom is -0.356 e. The molecule has 0 radical (unpaired) electrons. The van der Waals surface area contributed by atoms with Gasteiger partial charge in [-0.05, 0) is 43.9 Å². The highest BCUT2D eigenvalue weighted by molar-refractivity contribution is 7.86. The van der Waals surface area contributed by atoms with E-state index < -0.39 is 10.8 Å². The SMILES string of the molecule is CCCS(=O)C12CCCC(C(=O)NCCC(C)(C)C)(C1)C2. The quantitative estimate of drug-likeness (QED) is 0.817. The van der Waals surface area contributed by atoms with E-state index in [1.807, 2.05) is 0 Å². The van der Waals surface area contributed by atoms with Crippen LogP contribution in [0.15, 0.2) is 0 Å². The fraction of sp³-hybridized carbons (Fsp3) is 0.941. The van der Waals surface area contributed by atoms with Crippen LogP contribution in [0.4, 0.5) is 0 Å². The van der Waals surface area contributed by atoms with Crippen LogP contribution in [0.5, 0.6) is 0 Å². The largest absolute Gasteiger partial charge is 0.356 e. The lowest BCUT2D eigenvalue weighted by Crippen LogP contribution is -2.63. The van der Waals surface area contributed by atoms with Gasteiger partial charge in [-0.25, -0.2) is 0 Å². The van der Waals surface area contributed by atoms with Crippen molar-refractivity contribution in [3.63, 3.8) is 0 Å². The fourth-order valence-corrected chi connectivity index (χ4v) is 6.02. The first-order valence-electron chi connectivity index (χ1n) is 8.40. The van der Waals surface area contributed by atoms with Crippen molar-refractivity contribution in [2.75, 3.05) is 12.3 Å². The van der Waals surface area contributed by atoms with Crippen molar-refractivity contribution in [1.82, 2.24) is 5.32 Å². The molecule has 3 aliphatic carbocycles. The Bertz CT molecular complexity index is 419. The maximum atomic E-state index is 12.6. The highest BCUT2D eigenvalue weighted by Crippen LogP contribution is 2.61. The monoisotopic (exact) mass is 313 g/mol. The Morgan fingerprint density at radius 1 is 1.24 bits per heavy atom. The van der Waals surface area contributed by atoms with Crippen LogP contribution in [0, 0.1) is 10.8 Å². The lowest BCUT2D eigenvalue weighted by atomic mass is 9.53. The zero-order chi connectivity index (χ0) is 15.7. The molecule has 0 aliphatic heterocycles. The molecule has 3 rings (SSSR count). The summed E-state index contributed by atoms with van der Waals surface area (Å²) in [5, 5.41) is 3.14. The van der Waals surface area contributed by atoms with E-state index >= 15 is 0 Å². The van der Waals surface area contributed by atoms with Crippen LogP contribution in [0.2, 0.25) is 0 Å². The van der Waals surface area contributed by atoms with Crippen molar-refractivity contribution in [2.45, 2.75) is 77.4 Å². The molecule has 0 aromatic rings. The fourth-order valence-electron chi connectivity index (χ4n) is 3.97. The minimum atomic E-state index is -0.748. The number of carbonyl (C=O) groups is 1. The Balaban J connectivity index is 1.90. The van der Waals surface area contributed by atoms with Crippen LogP contribution in [-0.2, 0) is 15.6 Å². The topological polar surface area (TPSA) is 46.2 Å². The molecule has 1 unspecified atom stereocenters. The Morgan fingerprint density at radius 2 is 1.90 bits per heavy atom. The molecule has 2 bridgehead atoms. The van der Waals surface area contributed by atoms with Crippen molar-refractivity contribution >= 4 is 16.7 Å². The van der Waals surface area contributed by atoms with Crippen molar-refractivity contribution in [3.05, 3.63) is 0 Å². The van der Waals surface area contributed by atoms with Gasteiger partial charge in [0.15, 0.2) is 0 Å². The van der Waals surface area contributed by atoms with Gasteiger partial charge < -0.3 is 5.32 Å². The molecule has 3 nitrogen and oxygen atoms in total. The van der Waals surface area contributed by atoms with Gasteiger partial charge in [-0.15, -0.1) is 0 Å². The van der Waals surface area contributed by atoms with Crippen LogP contribution in [-0.4, -0.2) is 27.2 Å². The molecule has 3 aliphatic rings. The molecule has 0 spiro atoms. The molecule has 1 N–H and O–H groups in total. The van der Waals surface area contributed by atoms with Gasteiger partial charge in [0, 0.05) is 27.8 Å². The molecule has 0 saturated heterocycles. The van der Waals surface area contributed by atoms with Crippen LogP contribution in [0.1, 0.15) is 72.6 Å². The van der Waals surface area contributed by atoms with Crippen molar-refractivity contribution < 1.29 is 9.00 Å². The summed E-state index contributed by atoms with van der Waals surface area (Å²) >= 11 is 0. The Morgan fingerprint density at radius 3 is 2.48 bits per heavy atom. The number of nitrogens with one attached hydrogen (secondary N) is 1. The highest BCUT2D eigenvalue weighted by Gasteiger charge is 2.63. The molecule has 3 saturated carbocycles. The summed E-state index contributed by atoms with van der Waals surface area (Å²) in [5.41, 5.74) is 0.0586. The Hall–Kier alpha value is -0.380. The van der Waals surface area contributed by atoms with Crippen molar-refractivity contribution in [3.8, 4) is 0 Å². The molecule has 1 atom stereocenters. The van der Waals surface area contributed by atoms with Crippen molar-refractivity contribution in [1.29, 1.82) is 0 Å². The number of hydrogen-bond donors (Lipinski definition) is 1. The Kier molecular flexibility index (Phi) is 4.87.